The Bertz CT molecular complexity index is 1760. The highest BCUT2D eigenvalue weighted by Crippen LogP contribution is 2.45. The number of ether oxygens (including phenoxy) is 4. The molecule has 0 fully saturated rings. The Morgan fingerprint density at radius 2 is 0.435 bits per heavy atom. The molecule has 92 heavy (non-hydrogen) atoms. The van der Waals surface area contributed by atoms with Crippen LogP contribution in [0.15, 0.2) is 0 Å². The van der Waals surface area contributed by atoms with Crippen molar-refractivity contribution in [2.45, 2.75) is 406 Å². The number of hydrogen-bond acceptors (Lipinski definition) is 15. The molecule has 2 unspecified atom stereocenters. The topological polar surface area (TPSA) is 237 Å². The second-order valence-corrected chi connectivity index (χ2v) is 29.2. The average Bonchev–Trinajstić information content (AvgIpc) is 1.74. The number of esters is 4. The molecule has 0 heterocycles. The molecule has 5 atom stereocenters. The summed E-state index contributed by atoms with van der Waals surface area (Å²) in [4.78, 5) is 72.6. The van der Waals surface area contributed by atoms with E-state index in [1.807, 2.05) is 0 Å². The molecule has 0 rings (SSSR count). The Labute approximate surface area is 562 Å². The zero-order chi connectivity index (χ0) is 67.5. The van der Waals surface area contributed by atoms with Crippen molar-refractivity contribution in [3.63, 3.8) is 0 Å². The molecule has 0 aliphatic carbocycles. The van der Waals surface area contributed by atoms with Crippen LogP contribution in [0.2, 0.25) is 0 Å². The first-order chi connectivity index (χ1) is 44.7. The number of aliphatic hydroxyl groups excluding tert-OH is 1. The molecule has 0 radical (unpaired) electrons. The highest BCUT2D eigenvalue weighted by Gasteiger charge is 2.30. The maximum atomic E-state index is 13.0. The van der Waals surface area contributed by atoms with Gasteiger partial charge in [0.1, 0.15) is 19.3 Å². The molecule has 0 aliphatic rings. The summed E-state index contributed by atoms with van der Waals surface area (Å²) in [6.07, 6.45) is 56.8. The van der Waals surface area contributed by atoms with Crippen LogP contribution in [0.4, 0.5) is 0 Å². The van der Waals surface area contributed by atoms with Crippen LogP contribution < -0.4 is 0 Å². The fourth-order valence-corrected chi connectivity index (χ4v) is 12.8. The molecule has 0 spiro atoms. The number of hydrogen-bond donors (Lipinski definition) is 3. The molecule has 0 amide bonds. The van der Waals surface area contributed by atoms with Gasteiger partial charge < -0.3 is 33.8 Å². The lowest BCUT2D eigenvalue weighted by Crippen LogP contribution is -2.30. The van der Waals surface area contributed by atoms with Crippen LogP contribution in [0, 0.1) is 0 Å². The Kier molecular flexibility index (Phi) is 66.2. The van der Waals surface area contributed by atoms with Gasteiger partial charge in [0.25, 0.3) is 0 Å². The fourth-order valence-electron chi connectivity index (χ4n) is 11.2. The minimum Gasteiger partial charge on any atom is -0.462 e. The molecular weight excluding hydrogens is 1210 g/mol. The fraction of sp³-hybridized carbons (Fsp3) is 0.945. The first-order valence-corrected chi connectivity index (χ1v) is 41.3. The van der Waals surface area contributed by atoms with E-state index < -0.39 is 97.5 Å². The van der Waals surface area contributed by atoms with E-state index in [-0.39, 0.29) is 25.7 Å². The third-order valence-corrected chi connectivity index (χ3v) is 19.0. The van der Waals surface area contributed by atoms with Gasteiger partial charge >= 0.3 is 39.5 Å². The number of aliphatic hydroxyl groups is 1. The first kappa shape index (κ1) is 90.1. The van der Waals surface area contributed by atoms with E-state index in [9.17, 15) is 43.2 Å². The van der Waals surface area contributed by atoms with E-state index in [1.54, 1.807) is 0 Å². The van der Waals surface area contributed by atoms with Crippen LogP contribution in [-0.2, 0) is 65.4 Å². The maximum Gasteiger partial charge on any atom is 0.472 e. The average molecular weight is 1350 g/mol. The predicted molar refractivity (Wildman–Crippen MR) is 372 cm³/mol. The van der Waals surface area contributed by atoms with Crippen molar-refractivity contribution < 1.29 is 80.2 Å². The Hall–Kier alpha value is -1.94. The Morgan fingerprint density at radius 1 is 0.261 bits per heavy atom. The molecule has 0 aromatic heterocycles. The van der Waals surface area contributed by atoms with Crippen LogP contribution in [0.25, 0.3) is 0 Å². The predicted octanol–water partition coefficient (Wildman–Crippen LogP) is 21.4. The molecule has 0 saturated carbocycles. The van der Waals surface area contributed by atoms with Crippen LogP contribution >= 0.6 is 15.6 Å². The van der Waals surface area contributed by atoms with Gasteiger partial charge in [0, 0.05) is 25.7 Å². The van der Waals surface area contributed by atoms with Crippen molar-refractivity contribution in [3.8, 4) is 0 Å². The summed E-state index contributed by atoms with van der Waals surface area (Å²) >= 11 is 0. The van der Waals surface area contributed by atoms with Crippen molar-refractivity contribution in [3.05, 3.63) is 0 Å². The quantitative estimate of drug-likeness (QED) is 0.0222. The summed E-state index contributed by atoms with van der Waals surface area (Å²) in [5, 5.41) is 10.6. The number of phosphoric ester groups is 2. The van der Waals surface area contributed by atoms with Gasteiger partial charge in [0.2, 0.25) is 0 Å². The first-order valence-electron chi connectivity index (χ1n) is 38.3. The summed E-state index contributed by atoms with van der Waals surface area (Å²) in [5.74, 6) is -2.12. The lowest BCUT2D eigenvalue weighted by atomic mass is 10.0. The summed E-state index contributed by atoms with van der Waals surface area (Å²) < 4.78 is 68.4. The lowest BCUT2D eigenvalue weighted by molar-refractivity contribution is -0.161. The van der Waals surface area contributed by atoms with Crippen LogP contribution in [0.3, 0.4) is 0 Å². The minimum absolute atomic E-state index is 0.108. The van der Waals surface area contributed by atoms with Crippen LogP contribution in [0.1, 0.15) is 387 Å². The molecule has 3 N–H and O–H groups in total. The molecule has 546 valence electrons. The number of unbranched alkanes of at least 4 members (excludes halogenated alkanes) is 48. The summed E-state index contributed by atoms with van der Waals surface area (Å²) in [6, 6.07) is 0. The van der Waals surface area contributed by atoms with Crippen molar-refractivity contribution in [1.29, 1.82) is 0 Å². The number of carbonyl (C=O) groups is 4. The third kappa shape index (κ3) is 66.7. The highest BCUT2D eigenvalue weighted by atomic mass is 31.2. The number of carbonyl (C=O) groups excluding carboxylic acids is 4. The van der Waals surface area contributed by atoms with Gasteiger partial charge in [-0.25, -0.2) is 9.13 Å². The molecule has 0 aromatic carbocycles. The second-order valence-electron chi connectivity index (χ2n) is 26.3. The second kappa shape index (κ2) is 67.6. The van der Waals surface area contributed by atoms with Gasteiger partial charge in [-0.2, -0.15) is 0 Å². The highest BCUT2D eigenvalue weighted by molar-refractivity contribution is 7.47. The largest absolute Gasteiger partial charge is 0.472 e. The van der Waals surface area contributed by atoms with Crippen LogP contribution in [0.5, 0.6) is 0 Å². The molecule has 0 saturated heterocycles. The smallest absolute Gasteiger partial charge is 0.462 e. The molecule has 0 bridgehead atoms. The summed E-state index contributed by atoms with van der Waals surface area (Å²) in [7, 11) is -9.90. The van der Waals surface area contributed by atoms with Gasteiger partial charge in [0.05, 0.1) is 26.4 Å². The van der Waals surface area contributed by atoms with Crippen molar-refractivity contribution in [2.24, 2.45) is 0 Å². The third-order valence-electron chi connectivity index (χ3n) is 17.1. The van der Waals surface area contributed by atoms with Crippen LogP contribution in [-0.4, -0.2) is 96.7 Å². The van der Waals surface area contributed by atoms with Gasteiger partial charge in [-0.05, 0) is 25.7 Å². The van der Waals surface area contributed by atoms with E-state index in [4.69, 9.17) is 37.0 Å². The monoisotopic (exact) mass is 1350 g/mol. The van der Waals surface area contributed by atoms with Gasteiger partial charge in [-0.3, -0.25) is 37.3 Å². The van der Waals surface area contributed by atoms with E-state index >= 15 is 0 Å². The van der Waals surface area contributed by atoms with Crippen molar-refractivity contribution >= 4 is 39.5 Å². The zero-order valence-electron chi connectivity index (χ0n) is 59.5. The molecule has 17 nitrogen and oxygen atoms in total. The van der Waals surface area contributed by atoms with E-state index in [0.29, 0.717) is 25.7 Å². The summed E-state index contributed by atoms with van der Waals surface area (Å²) in [6.45, 7) is 4.95. The summed E-state index contributed by atoms with van der Waals surface area (Å²) in [5.41, 5.74) is 0. The zero-order valence-corrected chi connectivity index (χ0v) is 61.3. The van der Waals surface area contributed by atoms with E-state index in [0.717, 1.165) is 89.9 Å². The van der Waals surface area contributed by atoms with Gasteiger partial charge in [0.15, 0.2) is 12.2 Å². The minimum atomic E-state index is -4.95. The van der Waals surface area contributed by atoms with E-state index in [2.05, 4.69) is 27.7 Å². The molecule has 19 heteroatoms. The normalized spacial score (nSPS) is 13.9. The van der Waals surface area contributed by atoms with Gasteiger partial charge in [-0.1, -0.05) is 336 Å². The maximum absolute atomic E-state index is 13.0. The number of rotatable bonds is 74. The van der Waals surface area contributed by atoms with Gasteiger partial charge in [-0.15, -0.1) is 0 Å². The van der Waals surface area contributed by atoms with Crippen molar-refractivity contribution in [2.75, 3.05) is 39.6 Å². The Balaban J connectivity index is 5.20. The number of phosphoric acid groups is 2. The molecule has 0 aromatic rings. The standard InChI is InChI=1S/C73H142O17P2/c1-5-9-13-17-21-25-28-31-32-33-34-35-36-37-40-44-48-52-56-60-73(78)90-69(64-84-71(76)58-54-50-46-42-38-29-26-22-18-14-10-6-2)66-88-92(81,82)86-62-67(74)61-85-91(79,80)87-65-68(63-83-70(75)57-53-49-45-41-24-20-16-12-8-4)89-72(77)59-55-51-47-43-39-30-27-23-19-15-11-7-3/h67-69,74H,5-66H2,1-4H3,(H,79,80)(H,81,82)/t67-,68+,69+/m0/s1. The molecular formula is C73H142O17P2. The van der Waals surface area contributed by atoms with Crippen molar-refractivity contribution in [1.82, 2.24) is 0 Å². The lowest BCUT2D eigenvalue weighted by Gasteiger charge is -2.21. The SMILES string of the molecule is CCCCCCCCCCCCCCCCCCCCCC(=O)O[C@H](COC(=O)CCCCCCCCCCCCCC)COP(=O)(O)OC[C@@H](O)COP(=O)(O)OC[C@@H](COC(=O)CCCCCCCCCCC)OC(=O)CCCCCCCCCCCCCC. The molecule has 0 aliphatic heterocycles. The van der Waals surface area contributed by atoms with E-state index in [1.165, 1.54) is 218 Å². The Morgan fingerprint density at radius 3 is 0.641 bits per heavy atom.